The summed E-state index contributed by atoms with van der Waals surface area (Å²) in [6.45, 7) is 19.2. The molecule has 0 radical (unpaired) electrons. The van der Waals surface area contributed by atoms with Crippen LogP contribution in [-0.4, -0.2) is 101 Å². The number of carbonyl (C=O) groups excluding carboxylic acids is 10. The number of urea groups is 2. The SMILES string of the molecule is CC(=O)OCc1ccc(NC(=O)[C@H](CCCNC(N)=O)CC(=O)[C@@H](NC(=O)OC(C)(C)C)C(C)C)cc1.CC(C)[C@H](NC(=O)OC(C)(C)C)C(=O)C[C@@H](CCCNC(N)=O)C(=O)Nc1ccc(COC(=O)Oc2ccc([N+](=O)[O-])cc2)cc1. The highest BCUT2D eigenvalue weighted by Gasteiger charge is 2.33. The molecule has 8 amide bonds. The highest BCUT2D eigenvalue weighted by Crippen LogP contribution is 2.23. The van der Waals surface area contributed by atoms with E-state index < -0.39 is 82.3 Å². The van der Waals surface area contributed by atoms with Gasteiger partial charge in [0.2, 0.25) is 11.8 Å². The Kier molecular flexibility index (Phi) is 29.2. The number of anilines is 2. The molecule has 0 heterocycles. The molecule has 83 heavy (non-hydrogen) atoms. The zero-order valence-electron chi connectivity index (χ0n) is 49.0. The lowest BCUT2D eigenvalue weighted by Crippen LogP contribution is -2.47. The van der Waals surface area contributed by atoms with Gasteiger partial charge in [-0.2, -0.15) is 0 Å². The first kappa shape index (κ1) is 70.3. The lowest BCUT2D eigenvalue weighted by Gasteiger charge is -2.26. The molecule has 0 spiro atoms. The Morgan fingerprint density at radius 2 is 0.940 bits per heavy atom. The summed E-state index contributed by atoms with van der Waals surface area (Å²) in [7, 11) is 0. The Bertz CT molecular complexity index is 2670. The molecule has 10 N–H and O–H groups in total. The summed E-state index contributed by atoms with van der Waals surface area (Å²) in [6.07, 6.45) is -1.42. The van der Waals surface area contributed by atoms with Crippen LogP contribution in [0.1, 0.15) is 126 Å². The summed E-state index contributed by atoms with van der Waals surface area (Å²) in [4.78, 5) is 133. The molecule has 26 nitrogen and oxygen atoms in total. The number of hydrogen-bond donors (Lipinski definition) is 8. The highest BCUT2D eigenvalue weighted by molar-refractivity contribution is 5.98. The van der Waals surface area contributed by atoms with Gasteiger partial charge < -0.3 is 67.1 Å². The zero-order chi connectivity index (χ0) is 62.6. The number of ether oxygens (including phenoxy) is 5. The van der Waals surface area contributed by atoms with Crippen LogP contribution in [0, 0.1) is 33.8 Å². The van der Waals surface area contributed by atoms with E-state index in [-0.39, 0.29) is 86.3 Å². The van der Waals surface area contributed by atoms with Gasteiger partial charge in [0.05, 0.1) is 17.0 Å². The van der Waals surface area contributed by atoms with Gasteiger partial charge in [-0.15, -0.1) is 0 Å². The molecule has 26 heteroatoms. The smallest absolute Gasteiger partial charge is 0.461 e. The number of hydrogen-bond acceptors (Lipinski definition) is 17. The van der Waals surface area contributed by atoms with Crippen LogP contribution in [0.25, 0.3) is 0 Å². The number of benzene rings is 3. The van der Waals surface area contributed by atoms with Crippen LogP contribution in [-0.2, 0) is 56.1 Å². The summed E-state index contributed by atoms with van der Waals surface area (Å²) in [5.41, 5.74) is 10.9. The highest BCUT2D eigenvalue weighted by atomic mass is 16.7. The average molecular weight is 1160 g/mol. The Morgan fingerprint density at radius 3 is 1.27 bits per heavy atom. The molecular weight excluding hydrogens is 1080 g/mol. The van der Waals surface area contributed by atoms with E-state index in [2.05, 4.69) is 31.9 Å². The number of non-ortho nitro benzene ring substituents is 1. The monoisotopic (exact) mass is 1160 g/mol. The molecule has 4 atom stereocenters. The van der Waals surface area contributed by atoms with Gasteiger partial charge in [0.25, 0.3) is 5.69 Å². The van der Waals surface area contributed by atoms with E-state index in [9.17, 15) is 58.1 Å². The molecule has 456 valence electrons. The zero-order valence-corrected chi connectivity index (χ0v) is 49.0. The molecule has 3 rings (SSSR count). The number of carbonyl (C=O) groups is 10. The van der Waals surface area contributed by atoms with E-state index in [0.717, 1.165) is 5.56 Å². The fourth-order valence-electron chi connectivity index (χ4n) is 7.56. The minimum absolute atomic E-state index is 0.0763. The molecule has 0 aliphatic rings. The number of nitrogens with one attached hydrogen (secondary N) is 6. The Morgan fingerprint density at radius 1 is 0.566 bits per heavy atom. The van der Waals surface area contributed by atoms with Crippen molar-refractivity contribution in [1.29, 1.82) is 0 Å². The van der Waals surface area contributed by atoms with Gasteiger partial charge in [0, 0.05) is 68.2 Å². The van der Waals surface area contributed by atoms with E-state index in [1.807, 2.05) is 0 Å². The topological polar surface area (TPSA) is 384 Å². The van der Waals surface area contributed by atoms with Crippen molar-refractivity contribution in [3.8, 4) is 5.75 Å². The summed E-state index contributed by atoms with van der Waals surface area (Å²) >= 11 is 0. The van der Waals surface area contributed by atoms with Crippen molar-refractivity contribution in [2.45, 2.75) is 151 Å². The van der Waals surface area contributed by atoms with Crippen molar-refractivity contribution in [3.05, 3.63) is 94.0 Å². The van der Waals surface area contributed by atoms with Gasteiger partial charge in [-0.1, -0.05) is 52.0 Å². The first-order valence-corrected chi connectivity index (χ1v) is 26.8. The van der Waals surface area contributed by atoms with Gasteiger partial charge in [-0.25, -0.2) is 24.0 Å². The molecule has 0 saturated carbocycles. The second-order valence-electron chi connectivity index (χ2n) is 21.9. The Labute approximate surface area is 483 Å². The number of nitrogens with zero attached hydrogens (tertiary/aromatic N) is 1. The van der Waals surface area contributed by atoms with Crippen LogP contribution < -0.4 is 48.1 Å². The van der Waals surface area contributed by atoms with Crippen LogP contribution in [0.3, 0.4) is 0 Å². The van der Waals surface area contributed by atoms with E-state index in [0.29, 0.717) is 36.2 Å². The summed E-state index contributed by atoms with van der Waals surface area (Å²) in [5, 5.41) is 26.5. The third kappa shape index (κ3) is 30.0. The van der Waals surface area contributed by atoms with Crippen LogP contribution in [0.2, 0.25) is 0 Å². The van der Waals surface area contributed by atoms with Crippen molar-refractivity contribution in [2.24, 2.45) is 35.1 Å². The van der Waals surface area contributed by atoms with Crippen LogP contribution in [0.4, 0.5) is 41.0 Å². The first-order chi connectivity index (χ1) is 38.7. The van der Waals surface area contributed by atoms with Crippen molar-refractivity contribution in [3.63, 3.8) is 0 Å². The molecule has 3 aromatic carbocycles. The molecular formula is C57H81N9O17. The summed E-state index contributed by atoms with van der Waals surface area (Å²) in [6, 6.07) is 15.0. The lowest BCUT2D eigenvalue weighted by atomic mass is 9.89. The first-order valence-electron chi connectivity index (χ1n) is 26.8. The predicted molar refractivity (Wildman–Crippen MR) is 305 cm³/mol. The molecule has 3 aromatic rings. The van der Waals surface area contributed by atoms with Crippen molar-refractivity contribution < 1.29 is 76.6 Å². The van der Waals surface area contributed by atoms with Gasteiger partial charge in [0.1, 0.15) is 30.2 Å². The number of esters is 1. The molecule has 0 fully saturated rings. The molecule has 0 aromatic heterocycles. The second kappa shape index (κ2) is 34.4. The summed E-state index contributed by atoms with van der Waals surface area (Å²) < 4.78 is 25.6. The van der Waals surface area contributed by atoms with E-state index in [1.165, 1.54) is 31.2 Å². The van der Waals surface area contributed by atoms with E-state index in [1.54, 1.807) is 118 Å². The quantitative estimate of drug-likeness (QED) is 0.00850. The number of ketones is 2. The number of nitro benzene ring substituents is 1. The van der Waals surface area contributed by atoms with Crippen molar-refractivity contribution in [2.75, 3.05) is 23.7 Å². The van der Waals surface area contributed by atoms with Crippen molar-refractivity contribution in [1.82, 2.24) is 21.3 Å². The third-order valence-electron chi connectivity index (χ3n) is 11.6. The number of nitrogens with two attached hydrogens (primary N) is 2. The van der Waals surface area contributed by atoms with Crippen LogP contribution >= 0.6 is 0 Å². The predicted octanol–water partition coefficient (Wildman–Crippen LogP) is 8.08. The maximum atomic E-state index is 13.3. The molecule has 0 aliphatic heterocycles. The second-order valence-corrected chi connectivity index (χ2v) is 21.9. The van der Waals surface area contributed by atoms with Gasteiger partial charge in [-0.3, -0.25) is 34.1 Å². The fourth-order valence-corrected chi connectivity index (χ4v) is 7.56. The minimum atomic E-state index is -1.01. The molecule has 0 aliphatic carbocycles. The minimum Gasteiger partial charge on any atom is -0.461 e. The van der Waals surface area contributed by atoms with Crippen LogP contribution in [0.5, 0.6) is 5.75 Å². The maximum absolute atomic E-state index is 13.3. The number of amides is 8. The normalized spacial score (nSPS) is 12.5. The summed E-state index contributed by atoms with van der Waals surface area (Å²) in [5.74, 6) is -3.80. The number of Topliss-reactive ketones (excluding diaryl/α,β-unsaturated/α-hetero) is 2. The van der Waals surface area contributed by atoms with E-state index >= 15 is 0 Å². The number of primary amides is 2. The maximum Gasteiger partial charge on any atom is 0.514 e. The fraction of sp³-hybridized carbons (Fsp3) is 0.509. The lowest BCUT2D eigenvalue weighted by molar-refractivity contribution is -0.384. The Balaban J connectivity index is 0.000000581. The molecule has 0 bridgehead atoms. The molecule has 0 unspecified atom stereocenters. The number of alkyl carbamates (subject to hydrolysis) is 2. The number of nitro groups is 1. The van der Waals surface area contributed by atoms with Crippen LogP contribution in [0.15, 0.2) is 72.8 Å². The van der Waals surface area contributed by atoms with Gasteiger partial charge in [-0.05, 0) is 127 Å². The third-order valence-corrected chi connectivity index (χ3v) is 11.6. The largest absolute Gasteiger partial charge is 0.514 e. The molecule has 0 saturated heterocycles. The van der Waals surface area contributed by atoms with E-state index in [4.69, 9.17) is 35.2 Å². The Hall–Kier alpha value is -8.84. The standard InChI is InChI=1S/C31H41N5O10.C26H40N4O7/c1-19(2)26(35-29(40)46-31(3,4)5)25(37)17-21(7-6-16-33-28(32)39)27(38)34-22-10-8-20(9-11-22)18-44-30(41)45-24-14-12-23(13-15-24)36(42)43;1-16(2)22(30-25(35)37-26(4,5)6)21(32)14-19(8-7-13-28-24(27)34)23(33)29-20-11-9-18(10-12-20)15-36-17(3)31/h8-15,19,21,26H,6-7,16-18H2,1-5H3,(H,34,38)(H,35,40)(H3,32,33,39);9-12,16,19,22H,7-8,13-15H2,1-6H3,(H,29,33)(H,30,35)(H3,27,28,34)/t21-,26+;19-,22+/m11/s1. The van der Waals surface area contributed by atoms with Gasteiger partial charge in [0.15, 0.2) is 11.6 Å². The number of rotatable bonds is 28. The van der Waals surface area contributed by atoms with Crippen molar-refractivity contribution >= 4 is 76.8 Å². The average Bonchev–Trinajstić information content (AvgIpc) is 3.37. The van der Waals surface area contributed by atoms with Gasteiger partial charge >= 0.3 is 36.4 Å².